The lowest BCUT2D eigenvalue weighted by Crippen LogP contribution is -3.00. The van der Waals surface area contributed by atoms with Crippen LogP contribution in [-0.2, 0) is 0 Å². The van der Waals surface area contributed by atoms with Gasteiger partial charge in [-0.25, -0.2) is 0 Å². The predicted octanol–water partition coefficient (Wildman–Crippen LogP) is -0.237. The maximum Gasteiger partial charge on any atom is 0.0859 e. The zero-order valence-corrected chi connectivity index (χ0v) is 22.0. The fourth-order valence-electron chi connectivity index (χ4n) is 5.86. The first-order valence-corrected chi connectivity index (χ1v) is 11.8. The van der Waals surface area contributed by atoms with Gasteiger partial charge in [-0.05, 0) is 84.5 Å². The molecule has 0 amide bonds. The van der Waals surface area contributed by atoms with Crippen molar-refractivity contribution in [3.05, 3.63) is 0 Å². The number of halogens is 2. The molecule has 2 nitrogen and oxygen atoms in total. The van der Waals surface area contributed by atoms with Crippen molar-refractivity contribution in [3.8, 4) is 0 Å². The summed E-state index contributed by atoms with van der Waals surface area (Å²) in [6.07, 6.45) is 15.9. The smallest absolute Gasteiger partial charge is 0.0859 e. The fraction of sp³-hybridized carbons (Fsp3) is 1.00. The van der Waals surface area contributed by atoms with Crippen LogP contribution in [0, 0.1) is 0 Å². The van der Waals surface area contributed by atoms with E-state index in [1.807, 2.05) is 0 Å². The van der Waals surface area contributed by atoms with Crippen LogP contribution in [0.15, 0.2) is 0 Å². The molecule has 0 aromatic carbocycles. The number of quaternary nitrogens is 2. The van der Waals surface area contributed by atoms with E-state index in [0.29, 0.717) is 0 Å². The van der Waals surface area contributed by atoms with Crippen molar-refractivity contribution >= 4 is 0 Å². The summed E-state index contributed by atoms with van der Waals surface area (Å²) in [6, 6.07) is 1.75. The van der Waals surface area contributed by atoms with Crippen molar-refractivity contribution in [1.82, 2.24) is 0 Å². The van der Waals surface area contributed by atoms with E-state index in [-0.39, 0.29) is 34.0 Å². The molecular formula is C23H48Br2N2. The molecule has 164 valence electrons. The largest absolute Gasteiger partial charge is 1.00 e. The first-order valence-electron chi connectivity index (χ1n) is 11.8. The predicted molar refractivity (Wildman–Crippen MR) is 111 cm³/mol. The molecule has 2 fully saturated rings. The molecule has 0 aliphatic carbocycles. The lowest BCUT2D eigenvalue weighted by molar-refractivity contribution is -0.955. The van der Waals surface area contributed by atoms with Gasteiger partial charge in [-0.1, -0.05) is 13.8 Å². The summed E-state index contributed by atoms with van der Waals surface area (Å²) in [4.78, 5) is 0. The number of piperidine rings is 2. The molecule has 4 heteroatoms. The molecule has 2 rings (SSSR count). The molecule has 0 bridgehead atoms. The highest BCUT2D eigenvalue weighted by atomic mass is 79.9. The molecule has 0 aromatic heterocycles. The molecule has 2 unspecified atom stereocenters. The highest BCUT2D eigenvalue weighted by Gasteiger charge is 2.35. The van der Waals surface area contributed by atoms with Gasteiger partial charge in [0.05, 0.1) is 51.4 Å². The van der Waals surface area contributed by atoms with E-state index in [2.05, 4.69) is 27.7 Å². The van der Waals surface area contributed by atoms with Crippen LogP contribution in [-0.4, -0.2) is 60.3 Å². The van der Waals surface area contributed by atoms with Crippen LogP contribution >= 0.6 is 0 Å². The molecule has 0 aromatic rings. The minimum atomic E-state index is 0. The summed E-state index contributed by atoms with van der Waals surface area (Å²) in [6.45, 7) is 18.6. The number of likely N-dealkylation sites (tertiary alicyclic amines) is 2. The van der Waals surface area contributed by atoms with Crippen LogP contribution in [0.2, 0.25) is 0 Å². The maximum absolute atomic E-state index is 2.52. The number of unbranched alkanes of at least 4 members (excludes halogenated alkanes) is 2. The van der Waals surface area contributed by atoms with E-state index in [0.717, 1.165) is 12.1 Å². The average Bonchev–Trinajstić information content (AvgIpc) is 2.67. The van der Waals surface area contributed by atoms with Gasteiger partial charge in [0.1, 0.15) is 0 Å². The van der Waals surface area contributed by atoms with Crippen molar-refractivity contribution in [3.63, 3.8) is 0 Å². The van der Waals surface area contributed by atoms with Gasteiger partial charge < -0.3 is 42.9 Å². The second kappa shape index (κ2) is 14.0. The number of hydrogen-bond donors (Lipinski definition) is 0. The van der Waals surface area contributed by atoms with Crippen molar-refractivity contribution in [1.29, 1.82) is 0 Å². The zero-order chi connectivity index (χ0) is 18.2. The summed E-state index contributed by atoms with van der Waals surface area (Å²) < 4.78 is 2.89. The van der Waals surface area contributed by atoms with Gasteiger partial charge >= 0.3 is 0 Å². The van der Waals surface area contributed by atoms with Crippen LogP contribution in [0.1, 0.15) is 98.3 Å². The van der Waals surface area contributed by atoms with Crippen molar-refractivity contribution < 1.29 is 42.9 Å². The summed E-state index contributed by atoms with van der Waals surface area (Å²) in [5, 5.41) is 0. The highest BCUT2D eigenvalue weighted by Crippen LogP contribution is 2.28. The molecule has 0 radical (unpaired) electrons. The van der Waals surface area contributed by atoms with Gasteiger partial charge in [0.15, 0.2) is 0 Å². The number of nitrogens with zero attached hydrogens (tertiary/aromatic N) is 2. The third-order valence-electron chi connectivity index (χ3n) is 8.17. The maximum atomic E-state index is 2.52. The second-order valence-corrected chi connectivity index (χ2v) is 9.48. The lowest BCUT2D eigenvalue weighted by atomic mass is 9.99. The van der Waals surface area contributed by atoms with E-state index in [1.54, 1.807) is 0 Å². The molecular weight excluding hydrogens is 464 g/mol. The Balaban J connectivity index is 0.00000338. The van der Waals surface area contributed by atoms with Gasteiger partial charge in [0.2, 0.25) is 0 Å². The van der Waals surface area contributed by atoms with Crippen LogP contribution in [0.4, 0.5) is 0 Å². The second-order valence-electron chi connectivity index (χ2n) is 9.48. The normalized spacial score (nSPS) is 23.6. The first-order chi connectivity index (χ1) is 12.1. The van der Waals surface area contributed by atoms with E-state index in [4.69, 9.17) is 0 Å². The highest BCUT2D eigenvalue weighted by molar-refractivity contribution is 4.62. The van der Waals surface area contributed by atoms with E-state index < -0.39 is 0 Å². The third-order valence-corrected chi connectivity index (χ3v) is 8.17. The minimum absolute atomic E-state index is 0. The van der Waals surface area contributed by atoms with Gasteiger partial charge in [-0.2, -0.15) is 0 Å². The Morgan fingerprint density at radius 2 is 0.889 bits per heavy atom. The van der Waals surface area contributed by atoms with E-state index in [9.17, 15) is 0 Å². The van der Waals surface area contributed by atoms with Crippen molar-refractivity contribution in [2.75, 3.05) is 39.3 Å². The van der Waals surface area contributed by atoms with Gasteiger partial charge in [-0.3, -0.25) is 0 Å². The summed E-state index contributed by atoms with van der Waals surface area (Å²) in [5.41, 5.74) is 0. The minimum Gasteiger partial charge on any atom is -1.00 e. The zero-order valence-electron chi connectivity index (χ0n) is 18.8. The average molecular weight is 512 g/mol. The van der Waals surface area contributed by atoms with Crippen molar-refractivity contribution in [2.45, 2.75) is 110 Å². The van der Waals surface area contributed by atoms with Crippen LogP contribution < -0.4 is 34.0 Å². The Morgan fingerprint density at radius 1 is 0.556 bits per heavy atom. The Kier molecular flexibility index (Phi) is 14.4. The first kappa shape index (κ1) is 27.9. The molecule has 2 atom stereocenters. The number of rotatable bonds is 10. The van der Waals surface area contributed by atoms with Crippen LogP contribution in [0.5, 0.6) is 0 Å². The summed E-state index contributed by atoms with van der Waals surface area (Å²) in [5.74, 6) is 0. The van der Waals surface area contributed by atoms with Gasteiger partial charge in [0.25, 0.3) is 0 Å². The van der Waals surface area contributed by atoms with Crippen molar-refractivity contribution in [2.24, 2.45) is 0 Å². The Labute approximate surface area is 192 Å². The molecule has 2 aliphatic heterocycles. The quantitative estimate of drug-likeness (QED) is 0.280. The van der Waals surface area contributed by atoms with Gasteiger partial charge in [-0.15, -0.1) is 0 Å². The lowest BCUT2D eigenvalue weighted by Gasteiger charge is -2.47. The molecule has 27 heavy (non-hydrogen) atoms. The monoisotopic (exact) mass is 510 g/mol. The molecule has 2 heterocycles. The fourth-order valence-corrected chi connectivity index (χ4v) is 5.86. The molecule has 0 spiro atoms. The summed E-state index contributed by atoms with van der Waals surface area (Å²) >= 11 is 0. The Hall–Kier alpha value is 0.880. The Bertz CT molecular complexity index is 329. The summed E-state index contributed by atoms with van der Waals surface area (Å²) in [7, 11) is 0. The standard InChI is InChI=1S/C23H48N2.2BrH/c1-5-22(3)24(16-10-7-11-17-24)20-14-9-15-21-25(23(4)6-2)18-12-8-13-19-25;;/h22-23H,5-21H2,1-4H3;2*1H/q+2;;/p-2. The third kappa shape index (κ3) is 7.57. The molecule has 0 N–H and O–H groups in total. The SMILES string of the molecule is CCC(C)[N+]1(CCCCC[N+]2(C(C)CC)CCCCC2)CCCCC1.[Br-].[Br-]. The number of hydrogen-bond acceptors (Lipinski definition) is 0. The van der Waals surface area contributed by atoms with Crippen LogP contribution in [0.25, 0.3) is 0 Å². The molecule has 2 saturated heterocycles. The molecule has 0 saturated carbocycles. The molecule has 2 aliphatic rings. The Morgan fingerprint density at radius 3 is 1.19 bits per heavy atom. The van der Waals surface area contributed by atoms with E-state index >= 15 is 0 Å². The topological polar surface area (TPSA) is 0 Å². The van der Waals surface area contributed by atoms with Gasteiger partial charge in [0, 0.05) is 0 Å². The van der Waals surface area contributed by atoms with E-state index in [1.165, 1.54) is 119 Å². The van der Waals surface area contributed by atoms with Crippen LogP contribution in [0.3, 0.4) is 0 Å².